The van der Waals surface area contributed by atoms with Crippen LogP contribution in [-0.2, 0) is 23.3 Å². The second-order valence-corrected chi connectivity index (χ2v) is 9.71. The lowest BCUT2D eigenvalue weighted by atomic mass is 9.86. The smallest absolute Gasteiger partial charge is 0.300 e. The maximum atomic E-state index is 12.8. The number of hydrogen-bond donors (Lipinski definition) is 1. The van der Waals surface area contributed by atoms with Crippen LogP contribution in [0.15, 0.2) is 63.5 Å². The van der Waals surface area contributed by atoms with Gasteiger partial charge in [-0.1, -0.05) is 57.2 Å². The van der Waals surface area contributed by atoms with Gasteiger partial charge in [-0.25, -0.2) is 9.78 Å². The molecule has 0 fully saturated rings. The van der Waals surface area contributed by atoms with Crippen LogP contribution in [0.25, 0.3) is 22.2 Å². The molecule has 0 bridgehead atoms. The molecule has 0 unspecified atom stereocenters. The van der Waals surface area contributed by atoms with Crippen LogP contribution in [0.1, 0.15) is 33.3 Å². The number of nitrogens with zero attached hydrogens (tertiary/aromatic N) is 3. The van der Waals surface area contributed by atoms with Crippen molar-refractivity contribution in [2.75, 3.05) is 5.32 Å². The summed E-state index contributed by atoms with van der Waals surface area (Å²) in [5.41, 5.74) is 2.64. The van der Waals surface area contributed by atoms with Crippen LogP contribution in [0.4, 0.5) is 5.13 Å². The van der Waals surface area contributed by atoms with E-state index in [1.54, 1.807) is 31.2 Å². The van der Waals surface area contributed by atoms with Crippen molar-refractivity contribution in [1.82, 2.24) is 14.1 Å². The molecular weight excluding hydrogens is 436 g/mol. The summed E-state index contributed by atoms with van der Waals surface area (Å²) in [7, 11) is 0. The van der Waals surface area contributed by atoms with Gasteiger partial charge >= 0.3 is 5.69 Å². The van der Waals surface area contributed by atoms with Gasteiger partial charge in [-0.2, -0.15) is 0 Å². The van der Waals surface area contributed by atoms with E-state index in [0.717, 1.165) is 15.8 Å². The van der Waals surface area contributed by atoms with Crippen molar-refractivity contribution in [1.29, 1.82) is 0 Å². The highest BCUT2D eigenvalue weighted by Gasteiger charge is 2.16. The van der Waals surface area contributed by atoms with Crippen molar-refractivity contribution in [3.8, 4) is 11.3 Å². The first-order valence-electron chi connectivity index (χ1n) is 10.8. The molecule has 8 heteroatoms. The molecule has 0 radical (unpaired) electrons. The zero-order chi connectivity index (χ0) is 23.8. The third-order valence-corrected chi connectivity index (χ3v) is 6.31. The highest BCUT2D eigenvalue weighted by atomic mass is 32.1. The summed E-state index contributed by atoms with van der Waals surface area (Å²) in [5.74, 6) is -0.382. The number of fused-ring (bicyclic) bond motifs is 1. The first kappa shape index (κ1) is 22.7. The van der Waals surface area contributed by atoms with E-state index in [1.807, 2.05) is 17.5 Å². The van der Waals surface area contributed by atoms with Crippen LogP contribution in [0.5, 0.6) is 0 Å². The lowest BCUT2D eigenvalue weighted by Crippen LogP contribution is -2.41. The van der Waals surface area contributed by atoms with Crippen molar-refractivity contribution >= 4 is 33.3 Å². The van der Waals surface area contributed by atoms with Crippen molar-refractivity contribution in [3.63, 3.8) is 0 Å². The molecule has 1 N–H and O–H groups in total. The molecule has 4 rings (SSSR count). The SMILES string of the molecule is CCn1c(=O)c2ccccc2n(CC(=O)Nc2nc(-c3ccc(C(C)(C)C)cc3)cs2)c1=O. The Balaban J connectivity index is 1.57. The molecule has 0 spiro atoms. The molecule has 0 saturated heterocycles. The predicted octanol–water partition coefficient (Wildman–Crippen LogP) is 4.24. The second kappa shape index (κ2) is 8.78. The van der Waals surface area contributed by atoms with Gasteiger partial charge in [0, 0.05) is 17.5 Å². The maximum Gasteiger partial charge on any atom is 0.331 e. The Labute approximate surface area is 195 Å². The number of amides is 1. The van der Waals surface area contributed by atoms with E-state index in [2.05, 4.69) is 43.2 Å². The minimum Gasteiger partial charge on any atom is -0.300 e. The van der Waals surface area contributed by atoms with Gasteiger partial charge in [0.15, 0.2) is 5.13 Å². The standard InChI is InChI=1S/C25H26N4O3S/c1-5-28-22(31)18-8-6-7-9-20(18)29(24(28)32)14-21(30)27-23-26-19(15-33-23)16-10-12-17(13-11-16)25(2,3)4/h6-13,15H,5,14H2,1-4H3,(H,26,27,30). The van der Waals surface area contributed by atoms with E-state index >= 15 is 0 Å². The second-order valence-electron chi connectivity index (χ2n) is 8.85. The topological polar surface area (TPSA) is 86.0 Å². The first-order valence-corrected chi connectivity index (χ1v) is 11.7. The van der Waals surface area contributed by atoms with Crippen LogP contribution in [-0.4, -0.2) is 20.0 Å². The third kappa shape index (κ3) is 4.52. The van der Waals surface area contributed by atoms with E-state index in [4.69, 9.17) is 0 Å². The van der Waals surface area contributed by atoms with Gasteiger partial charge in [0.1, 0.15) is 6.54 Å². The number of rotatable bonds is 5. The summed E-state index contributed by atoms with van der Waals surface area (Å²) in [6.45, 7) is 8.24. The molecule has 2 aromatic heterocycles. The molecule has 170 valence electrons. The molecule has 1 amide bonds. The van der Waals surface area contributed by atoms with Gasteiger partial charge in [-0.05, 0) is 30.0 Å². The summed E-state index contributed by atoms with van der Waals surface area (Å²) >= 11 is 1.33. The number of anilines is 1. The monoisotopic (exact) mass is 462 g/mol. The number of carbonyl (C=O) groups is 1. The summed E-state index contributed by atoms with van der Waals surface area (Å²) < 4.78 is 2.47. The zero-order valence-electron chi connectivity index (χ0n) is 19.1. The fourth-order valence-corrected chi connectivity index (χ4v) is 4.45. The van der Waals surface area contributed by atoms with Gasteiger partial charge < -0.3 is 5.32 Å². The molecule has 7 nitrogen and oxygen atoms in total. The van der Waals surface area contributed by atoms with Crippen LogP contribution in [0.3, 0.4) is 0 Å². The normalized spacial score (nSPS) is 11.6. The van der Waals surface area contributed by atoms with E-state index in [9.17, 15) is 14.4 Å². The average Bonchev–Trinajstić information content (AvgIpc) is 3.25. The molecule has 0 aliphatic heterocycles. The Morgan fingerprint density at radius 3 is 2.39 bits per heavy atom. The molecule has 0 atom stereocenters. The number of nitrogens with one attached hydrogen (secondary N) is 1. The van der Waals surface area contributed by atoms with Gasteiger partial charge in [-0.3, -0.25) is 18.7 Å². The molecule has 0 saturated carbocycles. The van der Waals surface area contributed by atoms with Crippen molar-refractivity contribution in [2.24, 2.45) is 0 Å². The lowest BCUT2D eigenvalue weighted by molar-refractivity contribution is -0.116. The molecule has 0 aliphatic carbocycles. The minimum atomic E-state index is -0.505. The summed E-state index contributed by atoms with van der Waals surface area (Å²) in [6, 6.07) is 15.1. The Kier molecular flexibility index (Phi) is 6.03. The molecule has 2 heterocycles. The van der Waals surface area contributed by atoms with E-state index in [1.165, 1.54) is 21.5 Å². The number of aromatic nitrogens is 3. The predicted molar refractivity (Wildman–Crippen MR) is 133 cm³/mol. The Hall–Kier alpha value is -3.52. The summed E-state index contributed by atoms with van der Waals surface area (Å²) in [6.07, 6.45) is 0. The van der Waals surface area contributed by atoms with Crippen molar-refractivity contribution in [3.05, 3.63) is 80.3 Å². The Morgan fingerprint density at radius 1 is 1.03 bits per heavy atom. The molecular formula is C25H26N4O3S. The molecule has 2 aromatic carbocycles. The maximum absolute atomic E-state index is 12.8. The van der Waals surface area contributed by atoms with Crippen LogP contribution in [0, 0.1) is 0 Å². The largest absolute Gasteiger partial charge is 0.331 e. The van der Waals surface area contributed by atoms with Crippen LogP contribution >= 0.6 is 11.3 Å². The number of benzene rings is 2. The minimum absolute atomic E-state index is 0.0716. The van der Waals surface area contributed by atoms with Crippen molar-refractivity contribution in [2.45, 2.75) is 46.2 Å². The first-order chi connectivity index (χ1) is 15.7. The number of carbonyl (C=O) groups excluding carboxylic acids is 1. The highest BCUT2D eigenvalue weighted by Crippen LogP contribution is 2.28. The van der Waals surface area contributed by atoms with E-state index in [-0.39, 0.29) is 30.0 Å². The average molecular weight is 463 g/mol. The van der Waals surface area contributed by atoms with Gasteiger partial charge in [-0.15, -0.1) is 11.3 Å². The number of thiazole rings is 1. The number of hydrogen-bond acceptors (Lipinski definition) is 5. The van der Waals surface area contributed by atoms with Crippen molar-refractivity contribution < 1.29 is 4.79 Å². The highest BCUT2D eigenvalue weighted by molar-refractivity contribution is 7.14. The van der Waals surface area contributed by atoms with Gasteiger partial charge in [0.05, 0.1) is 16.6 Å². The van der Waals surface area contributed by atoms with Crippen LogP contribution < -0.4 is 16.6 Å². The quantitative estimate of drug-likeness (QED) is 0.481. The zero-order valence-corrected chi connectivity index (χ0v) is 19.9. The van der Waals surface area contributed by atoms with E-state index in [0.29, 0.717) is 16.0 Å². The fourth-order valence-electron chi connectivity index (χ4n) is 3.71. The molecule has 4 aromatic rings. The molecule has 0 aliphatic rings. The lowest BCUT2D eigenvalue weighted by Gasteiger charge is -2.18. The molecule has 33 heavy (non-hydrogen) atoms. The van der Waals surface area contributed by atoms with Crippen LogP contribution in [0.2, 0.25) is 0 Å². The van der Waals surface area contributed by atoms with E-state index < -0.39 is 5.69 Å². The number of para-hydroxylation sites is 1. The Bertz CT molecular complexity index is 1440. The summed E-state index contributed by atoms with van der Waals surface area (Å²) in [4.78, 5) is 42.7. The third-order valence-electron chi connectivity index (χ3n) is 5.55. The summed E-state index contributed by atoms with van der Waals surface area (Å²) in [5, 5.41) is 5.53. The van der Waals surface area contributed by atoms with Gasteiger partial charge in [0.2, 0.25) is 5.91 Å². The van der Waals surface area contributed by atoms with Gasteiger partial charge in [0.25, 0.3) is 5.56 Å². The Morgan fingerprint density at radius 2 is 1.73 bits per heavy atom. The fraction of sp³-hybridized carbons (Fsp3) is 0.280.